The maximum Gasteiger partial charge on any atom is -0.0383 e. The standard InChI is InChI=1S/C28H52/c1-3-5-6-7-8-11-24-12-9-13-28(22-24)27-20-18-26(19-21-27)25-16-14-23(10-4-2)15-17-25/h23-28H,3-22H2,1-2H3. The van der Waals surface area contributed by atoms with Gasteiger partial charge in [0.05, 0.1) is 0 Å². The third-order valence-corrected chi connectivity index (χ3v) is 9.28. The van der Waals surface area contributed by atoms with Gasteiger partial charge in [-0.15, -0.1) is 0 Å². The van der Waals surface area contributed by atoms with Crippen LogP contribution in [0.15, 0.2) is 0 Å². The van der Waals surface area contributed by atoms with Gasteiger partial charge in [0, 0.05) is 0 Å². The monoisotopic (exact) mass is 388 g/mol. The van der Waals surface area contributed by atoms with Crippen LogP contribution in [0, 0.1) is 35.5 Å². The number of unbranched alkanes of at least 4 members (excludes halogenated alkanes) is 4. The molecule has 0 heteroatoms. The maximum atomic E-state index is 2.37. The summed E-state index contributed by atoms with van der Waals surface area (Å²) in [6, 6.07) is 0. The average Bonchev–Trinajstić information content (AvgIpc) is 2.75. The molecule has 0 heterocycles. The smallest absolute Gasteiger partial charge is 0.0383 e. The summed E-state index contributed by atoms with van der Waals surface area (Å²) >= 11 is 0. The van der Waals surface area contributed by atoms with Gasteiger partial charge in [-0.2, -0.15) is 0 Å². The molecule has 3 saturated carbocycles. The molecule has 3 fully saturated rings. The van der Waals surface area contributed by atoms with Crippen LogP contribution in [-0.4, -0.2) is 0 Å². The van der Waals surface area contributed by atoms with Gasteiger partial charge in [0.25, 0.3) is 0 Å². The van der Waals surface area contributed by atoms with E-state index < -0.39 is 0 Å². The summed E-state index contributed by atoms with van der Waals surface area (Å²) in [6.45, 7) is 4.70. The fraction of sp³-hybridized carbons (Fsp3) is 1.00. The van der Waals surface area contributed by atoms with Crippen molar-refractivity contribution in [1.82, 2.24) is 0 Å². The van der Waals surface area contributed by atoms with Crippen LogP contribution in [0.3, 0.4) is 0 Å². The van der Waals surface area contributed by atoms with E-state index in [1.54, 1.807) is 83.5 Å². The Hall–Kier alpha value is 0. The first-order chi connectivity index (χ1) is 13.8. The molecule has 0 spiro atoms. The molecule has 3 aliphatic carbocycles. The molecule has 0 nitrogen and oxygen atoms in total. The van der Waals surface area contributed by atoms with Crippen LogP contribution in [0.25, 0.3) is 0 Å². The molecule has 0 aliphatic heterocycles. The number of hydrogen-bond donors (Lipinski definition) is 0. The van der Waals surface area contributed by atoms with Crippen molar-refractivity contribution in [2.24, 2.45) is 35.5 Å². The van der Waals surface area contributed by atoms with Crippen LogP contribution in [0.4, 0.5) is 0 Å². The van der Waals surface area contributed by atoms with Crippen LogP contribution >= 0.6 is 0 Å². The van der Waals surface area contributed by atoms with Gasteiger partial charge in [0.2, 0.25) is 0 Å². The molecule has 0 aromatic heterocycles. The van der Waals surface area contributed by atoms with Crippen molar-refractivity contribution in [2.75, 3.05) is 0 Å². The van der Waals surface area contributed by atoms with Crippen molar-refractivity contribution in [3.05, 3.63) is 0 Å². The number of rotatable bonds is 10. The molecular weight excluding hydrogens is 336 g/mol. The Labute approximate surface area is 178 Å². The predicted octanol–water partition coefficient (Wildman–Crippen LogP) is 9.57. The molecule has 0 amide bonds. The van der Waals surface area contributed by atoms with E-state index in [-0.39, 0.29) is 0 Å². The molecule has 3 aliphatic rings. The van der Waals surface area contributed by atoms with E-state index in [1.807, 2.05) is 0 Å². The zero-order valence-corrected chi connectivity index (χ0v) is 19.6. The molecule has 164 valence electrons. The second-order valence-electron chi connectivity index (χ2n) is 11.2. The van der Waals surface area contributed by atoms with Gasteiger partial charge >= 0.3 is 0 Å². The van der Waals surface area contributed by atoms with Gasteiger partial charge in [0.15, 0.2) is 0 Å². The zero-order valence-electron chi connectivity index (χ0n) is 19.6. The Bertz CT molecular complexity index is 383. The minimum Gasteiger partial charge on any atom is -0.0654 e. The van der Waals surface area contributed by atoms with E-state index in [1.165, 1.54) is 44.9 Å². The van der Waals surface area contributed by atoms with Gasteiger partial charge in [-0.05, 0) is 80.5 Å². The molecule has 0 N–H and O–H groups in total. The van der Waals surface area contributed by atoms with E-state index in [0.29, 0.717) is 0 Å². The summed E-state index contributed by atoms with van der Waals surface area (Å²) in [5, 5.41) is 0. The fourth-order valence-corrected chi connectivity index (χ4v) is 7.50. The molecule has 2 unspecified atom stereocenters. The summed E-state index contributed by atoms with van der Waals surface area (Å²) in [5.41, 5.74) is 0. The Balaban J connectivity index is 1.33. The Morgan fingerprint density at radius 3 is 1.71 bits per heavy atom. The van der Waals surface area contributed by atoms with Gasteiger partial charge in [-0.25, -0.2) is 0 Å². The van der Waals surface area contributed by atoms with E-state index in [9.17, 15) is 0 Å². The van der Waals surface area contributed by atoms with Crippen molar-refractivity contribution in [1.29, 1.82) is 0 Å². The third-order valence-electron chi connectivity index (χ3n) is 9.28. The third kappa shape index (κ3) is 7.05. The summed E-state index contributed by atoms with van der Waals surface area (Å²) in [5.74, 6) is 6.60. The van der Waals surface area contributed by atoms with Crippen LogP contribution < -0.4 is 0 Å². The van der Waals surface area contributed by atoms with Crippen LogP contribution in [0.1, 0.15) is 142 Å². The lowest BCUT2D eigenvalue weighted by molar-refractivity contribution is 0.0982. The molecule has 0 radical (unpaired) electrons. The van der Waals surface area contributed by atoms with E-state index in [0.717, 1.165) is 35.5 Å². The van der Waals surface area contributed by atoms with Gasteiger partial charge < -0.3 is 0 Å². The highest BCUT2D eigenvalue weighted by atomic mass is 14.4. The van der Waals surface area contributed by atoms with Crippen LogP contribution in [-0.2, 0) is 0 Å². The highest BCUT2D eigenvalue weighted by Crippen LogP contribution is 2.46. The first-order valence-electron chi connectivity index (χ1n) is 13.8. The van der Waals surface area contributed by atoms with Crippen molar-refractivity contribution >= 4 is 0 Å². The maximum absolute atomic E-state index is 2.37. The molecular formula is C28H52. The number of hydrogen-bond acceptors (Lipinski definition) is 0. The quantitative estimate of drug-likeness (QED) is 0.327. The van der Waals surface area contributed by atoms with Gasteiger partial charge in [-0.1, -0.05) is 97.3 Å². The second-order valence-corrected chi connectivity index (χ2v) is 11.2. The lowest BCUT2D eigenvalue weighted by atomic mass is 9.64. The van der Waals surface area contributed by atoms with Gasteiger partial charge in [-0.3, -0.25) is 0 Å². The molecule has 28 heavy (non-hydrogen) atoms. The van der Waals surface area contributed by atoms with E-state index in [2.05, 4.69) is 13.8 Å². The fourth-order valence-electron chi connectivity index (χ4n) is 7.50. The SMILES string of the molecule is CCCCCCCC1CCCC(C2CCC(C3CCC(CCC)CC3)CC2)C1. The van der Waals surface area contributed by atoms with E-state index >= 15 is 0 Å². The molecule has 2 atom stereocenters. The summed E-state index contributed by atoms with van der Waals surface area (Å²) in [4.78, 5) is 0. The molecule has 0 aromatic carbocycles. The lowest BCUT2D eigenvalue weighted by Crippen LogP contribution is -2.30. The summed E-state index contributed by atoms with van der Waals surface area (Å²) in [7, 11) is 0. The highest BCUT2D eigenvalue weighted by Gasteiger charge is 2.34. The largest absolute Gasteiger partial charge is 0.0654 e. The minimum absolute atomic E-state index is 1.08. The minimum atomic E-state index is 1.08. The second kappa shape index (κ2) is 12.6. The van der Waals surface area contributed by atoms with Crippen LogP contribution in [0.2, 0.25) is 0 Å². The van der Waals surface area contributed by atoms with E-state index in [4.69, 9.17) is 0 Å². The van der Waals surface area contributed by atoms with Crippen molar-refractivity contribution < 1.29 is 0 Å². The Morgan fingerprint density at radius 1 is 0.464 bits per heavy atom. The summed E-state index contributed by atoms with van der Waals surface area (Å²) in [6.07, 6.45) is 30.7. The Kier molecular flexibility index (Phi) is 10.2. The molecule has 0 bridgehead atoms. The zero-order chi connectivity index (χ0) is 19.6. The first kappa shape index (κ1) is 22.7. The molecule has 0 saturated heterocycles. The molecule has 0 aromatic rings. The average molecular weight is 389 g/mol. The molecule has 3 rings (SSSR count). The van der Waals surface area contributed by atoms with Crippen molar-refractivity contribution in [3.8, 4) is 0 Å². The van der Waals surface area contributed by atoms with Gasteiger partial charge in [0.1, 0.15) is 0 Å². The van der Waals surface area contributed by atoms with Crippen LogP contribution in [0.5, 0.6) is 0 Å². The summed E-state index contributed by atoms with van der Waals surface area (Å²) < 4.78 is 0. The van der Waals surface area contributed by atoms with Crippen molar-refractivity contribution in [2.45, 2.75) is 142 Å². The van der Waals surface area contributed by atoms with Crippen molar-refractivity contribution in [3.63, 3.8) is 0 Å². The Morgan fingerprint density at radius 2 is 1.07 bits per heavy atom. The normalized spacial score (nSPS) is 37.1. The highest BCUT2D eigenvalue weighted by molar-refractivity contribution is 4.86. The topological polar surface area (TPSA) is 0 Å². The first-order valence-corrected chi connectivity index (χ1v) is 13.8. The lowest BCUT2D eigenvalue weighted by Gasteiger charge is -2.41. The predicted molar refractivity (Wildman–Crippen MR) is 125 cm³/mol.